The van der Waals surface area contributed by atoms with Gasteiger partial charge in [-0.25, -0.2) is 9.59 Å². The third-order valence-corrected chi connectivity index (χ3v) is 11.8. The van der Waals surface area contributed by atoms with E-state index in [0.29, 0.717) is 31.2 Å². The number of hydrogen-bond donors (Lipinski definition) is 5. The van der Waals surface area contributed by atoms with Gasteiger partial charge in [0.15, 0.2) is 0 Å². The molecule has 1 aliphatic heterocycles. The summed E-state index contributed by atoms with van der Waals surface area (Å²) in [6.07, 6.45) is 9.40. The van der Waals surface area contributed by atoms with Crippen molar-refractivity contribution in [1.82, 2.24) is 26.2 Å². The van der Waals surface area contributed by atoms with Gasteiger partial charge >= 0.3 is 12.1 Å². The highest BCUT2D eigenvalue weighted by molar-refractivity contribution is 6.37. The van der Waals surface area contributed by atoms with Gasteiger partial charge in [-0.1, -0.05) is 79.6 Å². The minimum atomic E-state index is -1.09. The van der Waals surface area contributed by atoms with E-state index in [2.05, 4.69) is 21.3 Å². The molecule has 0 bridgehead atoms. The molecule has 6 amide bonds. The quantitative estimate of drug-likeness (QED) is 0.184. The summed E-state index contributed by atoms with van der Waals surface area (Å²) in [4.78, 5) is 80.8. The Morgan fingerprint density at radius 3 is 2.02 bits per heavy atom. The summed E-state index contributed by atoms with van der Waals surface area (Å²) in [6, 6.07) is -3.86. The van der Waals surface area contributed by atoms with Crippen LogP contribution in [0.1, 0.15) is 105 Å². The largest absolute Gasteiger partial charge is 0.447 e. The lowest BCUT2D eigenvalue weighted by Crippen LogP contribution is -2.61. The number of carbonyl (C=O) groups excluding carboxylic acids is 6. The van der Waals surface area contributed by atoms with Gasteiger partial charge in [0, 0.05) is 13.6 Å². The number of carbonyl (C=O) groups is 6. The number of primary amides is 1. The molecule has 13 heteroatoms. The molecule has 6 N–H and O–H groups in total. The number of ether oxygens (including phenoxy) is 1. The lowest BCUT2D eigenvalue weighted by molar-refractivity contribution is -0.144. The predicted octanol–water partition coefficient (Wildman–Crippen LogP) is 3.24. The van der Waals surface area contributed by atoms with Crippen molar-refractivity contribution in [2.45, 2.75) is 129 Å². The number of fused-ring (bicyclic) bond motifs is 1. The van der Waals surface area contributed by atoms with Crippen LogP contribution in [0.3, 0.4) is 0 Å². The Balaban J connectivity index is 1.58. The number of nitrogens with two attached hydrogens (primary N) is 1. The van der Waals surface area contributed by atoms with Crippen molar-refractivity contribution < 1.29 is 33.5 Å². The van der Waals surface area contributed by atoms with Gasteiger partial charge in [-0.05, 0) is 66.6 Å². The van der Waals surface area contributed by atoms with Gasteiger partial charge in [0.1, 0.15) is 18.7 Å². The minimum Gasteiger partial charge on any atom is -0.447 e. The molecule has 3 saturated carbocycles. The van der Waals surface area contributed by atoms with Crippen LogP contribution in [0.2, 0.25) is 0 Å². The first-order valence-corrected chi connectivity index (χ1v) is 18.5. The van der Waals surface area contributed by atoms with Gasteiger partial charge in [0.05, 0.1) is 12.1 Å². The van der Waals surface area contributed by atoms with Crippen molar-refractivity contribution in [3.8, 4) is 0 Å². The fourth-order valence-corrected chi connectivity index (χ4v) is 8.51. The molecular formula is C36H60N6O7. The number of amides is 6. The summed E-state index contributed by atoms with van der Waals surface area (Å²) >= 11 is 0. The van der Waals surface area contributed by atoms with Crippen LogP contribution in [0, 0.1) is 40.9 Å². The van der Waals surface area contributed by atoms with E-state index in [1.54, 1.807) is 4.90 Å². The van der Waals surface area contributed by atoms with E-state index in [1.807, 2.05) is 34.6 Å². The zero-order valence-electron chi connectivity index (χ0n) is 30.3. The van der Waals surface area contributed by atoms with Gasteiger partial charge in [-0.2, -0.15) is 0 Å². The molecule has 3 aliphatic carbocycles. The topological polar surface area (TPSA) is 189 Å². The second-order valence-corrected chi connectivity index (χ2v) is 16.4. The summed E-state index contributed by atoms with van der Waals surface area (Å²) in [7, 11) is 1.46. The van der Waals surface area contributed by atoms with Gasteiger partial charge < -0.3 is 36.6 Å². The van der Waals surface area contributed by atoms with E-state index >= 15 is 0 Å². The molecule has 0 aromatic rings. The van der Waals surface area contributed by atoms with Gasteiger partial charge in [0.2, 0.25) is 17.6 Å². The molecular weight excluding hydrogens is 628 g/mol. The fraction of sp³-hybridized carbons (Fsp3) is 0.833. The predicted molar refractivity (Wildman–Crippen MR) is 184 cm³/mol. The normalized spacial score (nSPS) is 27.2. The highest BCUT2D eigenvalue weighted by atomic mass is 16.5. The van der Waals surface area contributed by atoms with E-state index in [-0.39, 0.29) is 36.2 Å². The third-order valence-electron chi connectivity index (χ3n) is 11.8. The number of Topliss-reactive ketones (excluding diaryl/α,β-unsaturated/α-hetero) is 1. The van der Waals surface area contributed by atoms with E-state index in [9.17, 15) is 28.8 Å². The molecule has 4 fully saturated rings. The first kappa shape index (κ1) is 38.4. The Morgan fingerprint density at radius 1 is 0.878 bits per heavy atom. The van der Waals surface area contributed by atoms with Crippen molar-refractivity contribution in [2.75, 3.05) is 20.2 Å². The number of alkyl carbamates (subject to hydrolysis) is 1. The molecule has 13 nitrogen and oxygen atoms in total. The van der Waals surface area contributed by atoms with E-state index in [0.717, 1.165) is 57.8 Å². The molecule has 8 atom stereocenters. The van der Waals surface area contributed by atoms with Crippen LogP contribution >= 0.6 is 0 Å². The molecule has 0 spiro atoms. The number of ketones is 1. The van der Waals surface area contributed by atoms with Crippen LogP contribution < -0.4 is 27.0 Å². The van der Waals surface area contributed by atoms with Crippen LogP contribution in [0.25, 0.3) is 0 Å². The Kier molecular flexibility index (Phi) is 13.0. The smallest absolute Gasteiger partial charge is 0.406 e. The van der Waals surface area contributed by atoms with Gasteiger partial charge in [-0.3, -0.25) is 19.2 Å². The van der Waals surface area contributed by atoms with Crippen molar-refractivity contribution in [1.29, 1.82) is 0 Å². The molecule has 0 aromatic carbocycles. The average Bonchev–Trinajstić information content (AvgIpc) is 3.66. The molecule has 1 saturated heterocycles. The molecule has 5 unspecified atom stereocenters. The number of hydrogen-bond acceptors (Lipinski definition) is 7. The Morgan fingerprint density at radius 2 is 1.51 bits per heavy atom. The van der Waals surface area contributed by atoms with Crippen molar-refractivity contribution in [2.24, 2.45) is 46.7 Å². The van der Waals surface area contributed by atoms with Gasteiger partial charge in [-0.15, -0.1) is 0 Å². The van der Waals surface area contributed by atoms with Crippen molar-refractivity contribution >= 4 is 35.6 Å². The number of urea groups is 1. The molecule has 0 radical (unpaired) electrons. The monoisotopic (exact) mass is 688 g/mol. The SMILES string of the molecule is CNC(=O)OCC(NC(=O)N[C@H](C(=O)N1CC[C@H](C(C)C)C1C(=O)NC(CC1CCC1)C(=O)C(N)=O)C1CC2CCCC[C@H]2C1)C(C)(C)C. The maximum absolute atomic E-state index is 14.7. The Bertz CT molecular complexity index is 1220. The second kappa shape index (κ2) is 16.6. The van der Waals surface area contributed by atoms with Crippen LogP contribution in [0.15, 0.2) is 0 Å². The van der Waals surface area contributed by atoms with Gasteiger partial charge in [0.25, 0.3) is 5.91 Å². The first-order valence-electron chi connectivity index (χ1n) is 18.5. The third kappa shape index (κ3) is 9.66. The van der Waals surface area contributed by atoms with E-state index < -0.39 is 59.3 Å². The van der Waals surface area contributed by atoms with E-state index in [1.165, 1.54) is 7.05 Å². The van der Waals surface area contributed by atoms with Crippen LogP contribution in [-0.4, -0.2) is 84.9 Å². The zero-order chi connectivity index (χ0) is 36.0. The maximum Gasteiger partial charge on any atom is 0.406 e. The molecule has 1 heterocycles. The molecule has 4 aliphatic rings. The van der Waals surface area contributed by atoms with Crippen LogP contribution in [0.5, 0.6) is 0 Å². The highest BCUT2D eigenvalue weighted by Gasteiger charge is 2.49. The molecule has 4 rings (SSSR count). The van der Waals surface area contributed by atoms with Crippen molar-refractivity contribution in [3.05, 3.63) is 0 Å². The summed E-state index contributed by atoms with van der Waals surface area (Å²) < 4.78 is 5.29. The molecule has 49 heavy (non-hydrogen) atoms. The second-order valence-electron chi connectivity index (χ2n) is 16.4. The number of nitrogens with one attached hydrogen (secondary N) is 4. The zero-order valence-corrected chi connectivity index (χ0v) is 30.3. The number of nitrogens with zero attached hydrogens (tertiary/aromatic N) is 1. The van der Waals surface area contributed by atoms with E-state index in [4.69, 9.17) is 10.5 Å². The van der Waals surface area contributed by atoms with Crippen LogP contribution in [0.4, 0.5) is 9.59 Å². The number of rotatable bonds is 13. The first-order chi connectivity index (χ1) is 23.1. The highest BCUT2D eigenvalue weighted by Crippen LogP contribution is 2.47. The minimum absolute atomic E-state index is 0.0563. The number of likely N-dealkylation sites (tertiary alicyclic amines) is 1. The van der Waals surface area contributed by atoms with Crippen LogP contribution in [-0.2, 0) is 23.9 Å². The Hall–Kier alpha value is -3.38. The average molecular weight is 689 g/mol. The summed E-state index contributed by atoms with van der Waals surface area (Å²) in [5, 5.41) is 11.2. The summed E-state index contributed by atoms with van der Waals surface area (Å²) in [5.74, 6) is -1.69. The summed E-state index contributed by atoms with van der Waals surface area (Å²) in [5.41, 5.74) is 4.92. The standard InChI is InChI=1S/C36H60N6O7/c1-20(2)25-14-15-42(29(25)32(45)39-26(30(43)31(37)44)16-21-10-9-11-21)33(46)28(24-17-22-12-7-8-13-23(22)18-24)41-34(47)40-27(36(3,4)5)19-49-35(48)38-6/h20-29H,7-19H2,1-6H3,(H2,37,44)(H,38,48)(H,39,45)(H2,40,41,47)/t22-,23?,24?,25+,26?,27?,28-,29?/m0/s1. The molecule has 0 aromatic heterocycles. The maximum atomic E-state index is 14.7. The Labute approximate surface area is 291 Å². The van der Waals surface area contributed by atoms with Crippen molar-refractivity contribution in [3.63, 3.8) is 0 Å². The molecule has 276 valence electrons. The summed E-state index contributed by atoms with van der Waals surface area (Å²) in [6.45, 7) is 10.1. The lowest BCUT2D eigenvalue weighted by atomic mass is 9.80. The lowest BCUT2D eigenvalue weighted by Gasteiger charge is -2.36. The fourth-order valence-electron chi connectivity index (χ4n) is 8.51.